The predicted octanol–water partition coefficient (Wildman–Crippen LogP) is 2.55. The summed E-state index contributed by atoms with van der Waals surface area (Å²) in [6.45, 7) is 8.44. The molecule has 25 heavy (non-hydrogen) atoms. The first-order chi connectivity index (χ1) is 11.7. The van der Waals surface area contributed by atoms with E-state index in [2.05, 4.69) is 5.32 Å². The van der Waals surface area contributed by atoms with Crippen molar-refractivity contribution in [2.45, 2.75) is 57.8 Å². The Morgan fingerprint density at radius 3 is 2.24 bits per heavy atom. The van der Waals surface area contributed by atoms with E-state index in [9.17, 15) is 4.79 Å². The topological polar surface area (TPSA) is 73.6 Å². The molecule has 0 aromatic heterocycles. The summed E-state index contributed by atoms with van der Waals surface area (Å²) in [6, 6.07) is 7.87. The molecule has 2 fully saturated rings. The van der Waals surface area contributed by atoms with Crippen molar-refractivity contribution in [1.29, 1.82) is 0 Å². The summed E-state index contributed by atoms with van der Waals surface area (Å²) in [4.78, 5) is 12.1. The Bertz CT molecular complexity index is 662. The third-order valence-electron chi connectivity index (χ3n) is 5.23. The molecule has 0 bridgehead atoms. The van der Waals surface area contributed by atoms with Crippen molar-refractivity contribution in [3.8, 4) is 0 Å². The molecule has 3 rings (SSSR count). The lowest BCUT2D eigenvalue weighted by Gasteiger charge is -2.32. The normalized spacial score (nSPS) is 22.1. The SMILES string of the molecule is CC1(C)OB(C(=Cc2ccc(C(=O)NC3CC3)cc2)CN)OC1(C)C. The van der Waals surface area contributed by atoms with Crippen LogP contribution in [0.1, 0.15) is 56.5 Å². The zero-order valence-corrected chi connectivity index (χ0v) is 15.5. The van der Waals surface area contributed by atoms with E-state index in [1.54, 1.807) is 0 Å². The maximum absolute atomic E-state index is 12.1. The largest absolute Gasteiger partial charge is 0.491 e. The third kappa shape index (κ3) is 3.97. The fourth-order valence-electron chi connectivity index (χ4n) is 2.66. The Balaban J connectivity index is 1.73. The van der Waals surface area contributed by atoms with Crippen LogP contribution in [0.25, 0.3) is 6.08 Å². The molecule has 3 N–H and O–H groups in total. The van der Waals surface area contributed by atoms with Crippen molar-refractivity contribution >= 4 is 19.1 Å². The summed E-state index contributed by atoms with van der Waals surface area (Å²) in [5, 5.41) is 2.99. The number of carbonyl (C=O) groups is 1. The van der Waals surface area contributed by atoms with Crippen LogP contribution in [-0.2, 0) is 9.31 Å². The van der Waals surface area contributed by atoms with Crippen LogP contribution in [0.4, 0.5) is 0 Å². The van der Waals surface area contributed by atoms with E-state index in [1.165, 1.54) is 0 Å². The van der Waals surface area contributed by atoms with Crippen molar-refractivity contribution in [3.05, 3.63) is 40.9 Å². The van der Waals surface area contributed by atoms with Crippen LogP contribution in [0.3, 0.4) is 0 Å². The molecule has 1 heterocycles. The predicted molar refractivity (Wildman–Crippen MR) is 100 cm³/mol. The second kappa shape index (κ2) is 6.59. The molecule has 1 aromatic rings. The van der Waals surface area contributed by atoms with Crippen LogP contribution >= 0.6 is 0 Å². The molecule has 1 aliphatic heterocycles. The molecule has 6 heteroatoms. The maximum Gasteiger partial charge on any atom is 0.491 e. The minimum Gasteiger partial charge on any atom is -0.400 e. The van der Waals surface area contributed by atoms with Crippen molar-refractivity contribution in [2.24, 2.45) is 5.73 Å². The van der Waals surface area contributed by atoms with Crippen LogP contribution in [0.2, 0.25) is 0 Å². The van der Waals surface area contributed by atoms with Gasteiger partial charge in [0.15, 0.2) is 0 Å². The molecule has 0 spiro atoms. The maximum atomic E-state index is 12.1. The molecule has 5 nitrogen and oxygen atoms in total. The van der Waals surface area contributed by atoms with Gasteiger partial charge < -0.3 is 20.4 Å². The number of carbonyl (C=O) groups excluding carboxylic acids is 1. The minimum absolute atomic E-state index is 0.0111. The van der Waals surface area contributed by atoms with Gasteiger partial charge in [0, 0.05) is 18.2 Å². The van der Waals surface area contributed by atoms with E-state index in [1.807, 2.05) is 58.0 Å². The van der Waals surface area contributed by atoms with Crippen LogP contribution in [-0.4, -0.2) is 36.8 Å². The lowest BCUT2D eigenvalue weighted by Crippen LogP contribution is -2.41. The van der Waals surface area contributed by atoms with Crippen LogP contribution in [0, 0.1) is 0 Å². The Kier molecular flexibility index (Phi) is 4.79. The van der Waals surface area contributed by atoms with Gasteiger partial charge in [0.1, 0.15) is 0 Å². The second-order valence-corrected chi connectivity index (χ2v) is 7.88. The zero-order valence-electron chi connectivity index (χ0n) is 15.5. The van der Waals surface area contributed by atoms with E-state index in [4.69, 9.17) is 15.0 Å². The highest BCUT2D eigenvalue weighted by atomic mass is 16.7. The first-order valence-corrected chi connectivity index (χ1v) is 8.89. The van der Waals surface area contributed by atoms with Gasteiger partial charge in [-0.3, -0.25) is 4.79 Å². The average Bonchev–Trinajstić information content (AvgIpc) is 3.32. The Morgan fingerprint density at radius 1 is 1.20 bits per heavy atom. The van der Waals surface area contributed by atoms with Gasteiger partial charge in [-0.15, -0.1) is 0 Å². The summed E-state index contributed by atoms with van der Waals surface area (Å²) in [6.07, 6.45) is 4.14. The number of benzene rings is 1. The Hall–Kier alpha value is -1.63. The smallest absolute Gasteiger partial charge is 0.400 e. The van der Waals surface area contributed by atoms with E-state index >= 15 is 0 Å². The number of hydrogen-bond donors (Lipinski definition) is 2. The molecule has 1 amide bonds. The molecule has 1 aromatic carbocycles. The van der Waals surface area contributed by atoms with E-state index in [0.29, 0.717) is 18.2 Å². The Labute approximate surface area is 150 Å². The molecule has 0 unspecified atom stereocenters. The van der Waals surface area contributed by atoms with Gasteiger partial charge in [-0.05, 0) is 63.7 Å². The fraction of sp³-hybridized carbons (Fsp3) is 0.526. The standard InChI is InChI=1S/C19H27BN2O3/c1-18(2)19(3,4)25-20(24-18)15(12-21)11-13-5-7-14(8-6-13)17(23)22-16-9-10-16/h5-8,11,16H,9-10,12,21H2,1-4H3,(H,22,23). The highest BCUT2D eigenvalue weighted by molar-refractivity contribution is 6.55. The van der Waals surface area contributed by atoms with Crippen molar-refractivity contribution in [3.63, 3.8) is 0 Å². The van der Waals surface area contributed by atoms with Gasteiger partial charge in [0.25, 0.3) is 5.91 Å². The molecule has 2 aliphatic rings. The summed E-state index contributed by atoms with van der Waals surface area (Å²) < 4.78 is 12.1. The van der Waals surface area contributed by atoms with Crippen LogP contribution in [0.15, 0.2) is 29.7 Å². The van der Waals surface area contributed by atoms with Crippen molar-refractivity contribution in [1.82, 2.24) is 5.32 Å². The summed E-state index contributed by atoms with van der Waals surface area (Å²) in [5.74, 6) is -0.0111. The highest BCUT2D eigenvalue weighted by Crippen LogP contribution is 2.38. The quantitative estimate of drug-likeness (QED) is 0.807. The number of nitrogens with two attached hydrogens (primary N) is 1. The second-order valence-electron chi connectivity index (χ2n) is 7.88. The average molecular weight is 342 g/mol. The molecule has 1 aliphatic carbocycles. The number of rotatable bonds is 5. The van der Waals surface area contributed by atoms with Gasteiger partial charge in [-0.1, -0.05) is 18.2 Å². The first kappa shape index (κ1) is 18.2. The summed E-state index contributed by atoms with van der Waals surface area (Å²) in [5.41, 5.74) is 7.67. The monoisotopic (exact) mass is 342 g/mol. The van der Waals surface area contributed by atoms with Crippen LogP contribution in [0.5, 0.6) is 0 Å². The van der Waals surface area contributed by atoms with Gasteiger partial charge in [-0.2, -0.15) is 0 Å². The zero-order chi connectivity index (χ0) is 18.2. The van der Waals surface area contributed by atoms with Crippen molar-refractivity contribution in [2.75, 3.05) is 6.54 Å². The van der Waals surface area contributed by atoms with Crippen molar-refractivity contribution < 1.29 is 14.1 Å². The van der Waals surface area contributed by atoms with E-state index in [0.717, 1.165) is 23.9 Å². The molecule has 134 valence electrons. The number of amides is 1. The van der Waals surface area contributed by atoms with Gasteiger partial charge in [0.2, 0.25) is 0 Å². The first-order valence-electron chi connectivity index (χ1n) is 8.89. The molecule has 1 saturated carbocycles. The fourth-order valence-corrected chi connectivity index (χ4v) is 2.66. The van der Waals surface area contributed by atoms with E-state index in [-0.39, 0.29) is 5.91 Å². The summed E-state index contributed by atoms with van der Waals surface area (Å²) >= 11 is 0. The number of hydrogen-bond acceptors (Lipinski definition) is 4. The van der Waals surface area contributed by atoms with Crippen LogP contribution < -0.4 is 11.1 Å². The molecular formula is C19H27BN2O3. The van der Waals surface area contributed by atoms with Gasteiger partial charge in [-0.25, -0.2) is 0 Å². The molecule has 0 atom stereocenters. The third-order valence-corrected chi connectivity index (χ3v) is 5.23. The number of nitrogens with one attached hydrogen (secondary N) is 1. The minimum atomic E-state index is -0.451. The van der Waals surface area contributed by atoms with Gasteiger partial charge >= 0.3 is 7.12 Å². The highest BCUT2D eigenvalue weighted by Gasteiger charge is 2.52. The molecular weight excluding hydrogens is 315 g/mol. The summed E-state index contributed by atoms with van der Waals surface area (Å²) in [7, 11) is -0.451. The Morgan fingerprint density at radius 2 is 1.76 bits per heavy atom. The van der Waals surface area contributed by atoms with Gasteiger partial charge in [0.05, 0.1) is 11.2 Å². The molecule has 1 saturated heterocycles. The lowest BCUT2D eigenvalue weighted by atomic mass is 9.77. The molecule has 0 radical (unpaired) electrons. The lowest BCUT2D eigenvalue weighted by molar-refractivity contribution is 0.00578. The van der Waals surface area contributed by atoms with E-state index < -0.39 is 18.3 Å².